The summed E-state index contributed by atoms with van der Waals surface area (Å²) in [5.74, 6) is 0.702. The Morgan fingerprint density at radius 1 is 1.19 bits per heavy atom. The van der Waals surface area contributed by atoms with Gasteiger partial charge in [-0.1, -0.05) is 24.3 Å². The minimum atomic E-state index is -0.0661. The summed E-state index contributed by atoms with van der Waals surface area (Å²) < 4.78 is 5.52. The summed E-state index contributed by atoms with van der Waals surface area (Å²) in [7, 11) is 2.08. The Kier molecular flexibility index (Phi) is 6.10. The van der Waals surface area contributed by atoms with Crippen LogP contribution in [0.4, 0.5) is 5.69 Å². The topological polar surface area (TPSA) is 61.5 Å². The highest BCUT2D eigenvalue weighted by molar-refractivity contribution is 7.18. The maximum atomic E-state index is 13.0. The van der Waals surface area contributed by atoms with E-state index in [0.29, 0.717) is 11.2 Å². The Balaban J connectivity index is 1.40. The molecule has 1 N–H and O–H groups in total. The number of para-hydroxylation sites is 1. The van der Waals surface area contributed by atoms with Crippen LogP contribution in [0.25, 0.3) is 20.7 Å². The number of ether oxygens (including phenoxy) is 1. The molecule has 1 aromatic carbocycles. The molecule has 1 aliphatic heterocycles. The second-order valence-corrected chi connectivity index (χ2v) is 9.88. The molecule has 4 aromatic rings. The zero-order chi connectivity index (χ0) is 22.1. The monoisotopic (exact) mass is 466 g/mol. The van der Waals surface area contributed by atoms with E-state index < -0.39 is 0 Å². The van der Waals surface area contributed by atoms with Crippen molar-refractivity contribution in [2.24, 2.45) is 0 Å². The molecule has 8 heteroatoms. The lowest BCUT2D eigenvalue weighted by Crippen LogP contribution is -2.37. The van der Waals surface area contributed by atoms with Gasteiger partial charge in [0, 0.05) is 41.1 Å². The molecule has 0 saturated carbocycles. The lowest BCUT2D eigenvalue weighted by atomic mass is 10.1. The van der Waals surface area contributed by atoms with Crippen molar-refractivity contribution in [2.75, 3.05) is 38.3 Å². The number of fused-ring (bicyclic) bond motifs is 1. The lowest BCUT2D eigenvalue weighted by Gasteiger charge is -2.32. The van der Waals surface area contributed by atoms with E-state index >= 15 is 0 Å². The third-order valence-electron chi connectivity index (χ3n) is 6.07. The first-order valence-electron chi connectivity index (χ1n) is 10.8. The second kappa shape index (κ2) is 9.15. The number of aromatic amines is 1. The van der Waals surface area contributed by atoms with Gasteiger partial charge in [0.05, 0.1) is 24.6 Å². The molecule has 5 rings (SSSR count). The highest BCUT2D eigenvalue weighted by Gasteiger charge is 2.21. The molecule has 3 aromatic heterocycles. The smallest absolute Gasteiger partial charge is 0.260 e. The molecule has 166 valence electrons. The van der Waals surface area contributed by atoms with Crippen LogP contribution in [0.1, 0.15) is 24.4 Å². The van der Waals surface area contributed by atoms with Crippen molar-refractivity contribution in [3.05, 3.63) is 68.9 Å². The number of benzene rings is 1. The highest BCUT2D eigenvalue weighted by Crippen LogP contribution is 2.34. The average molecular weight is 467 g/mol. The fourth-order valence-corrected chi connectivity index (χ4v) is 5.92. The van der Waals surface area contributed by atoms with Gasteiger partial charge >= 0.3 is 0 Å². The first-order chi connectivity index (χ1) is 15.6. The van der Waals surface area contributed by atoms with Gasteiger partial charge in [0.1, 0.15) is 10.7 Å². The molecule has 32 heavy (non-hydrogen) atoms. The highest BCUT2D eigenvalue weighted by atomic mass is 32.1. The first-order valence-corrected chi connectivity index (χ1v) is 12.5. The quantitative estimate of drug-likeness (QED) is 0.445. The summed E-state index contributed by atoms with van der Waals surface area (Å²) in [5, 5.41) is 4.75. The Morgan fingerprint density at radius 2 is 2.00 bits per heavy atom. The van der Waals surface area contributed by atoms with Gasteiger partial charge in [-0.3, -0.25) is 9.69 Å². The van der Waals surface area contributed by atoms with Gasteiger partial charge in [-0.05, 0) is 37.0 Å². The van der Waals surface area contributed by atoms with Crippen molar-refractivity contribution in [3.8, 4) is 10.4 Å². The van der Waals surface area contributed by atoms with Crippen molar-refractivity contribution in [1.29, 1.82) is 0 Å². The minimum absolute atomic E-state index is 0.0304. The average Bonchev–Trinajstić information content (AvgIpc) is 3.49. The largest absolute Gasteiger partial charge is 0.378 e. The number of nitrogens with one attached hydrogen (secondary N) is 1. The number of anilines is 1. The van der Waals surface area contributed by atoms with Crippen molar-refractivity contribution in [2.45, 2.75) is 19.5 Å². The number of nitrogens with zero attached hydrogens (tertiary/aromatic N) is 3. The Bertz CT molecular complexity index is 1260. The SMILES string of the molecule is C[C@@H](c1nc2scc(-c3cccs3)c2c(=O)[nH]1)N(C)Cc1ccccc1N1CCOCC1. The molecule has 0 spiro atoms. The number of H-pyrrole nitrogens is 1. The van der Waals surface area contributed by atoms with Gasteiger partial charge in [0.2, 0.25) is 0 Å². The van der Waals surface area contributed by atoms with E-state index in [4.69, 9.17) is 9.72 Å². The number of hydrogen-bond donors (Lipinski definition) is 1. The molecule has 1 aliphatic rings. The Morgan fingerprint density at radius 3 is 2.78 bits per heavy atom. The van der Waals surface area contributed by atoms with Gasteiger partial charge in [-0.15, -0.1) is 22.7 Å². The molecule has 1 atom stereocenters. The number of hydrogen-bond acceptors (Lipinski definition) is 7. The summed E-state index contributed by atoms with van der Waals surface area (Å²) in [5.41, 5.74) is 3.43. The van der Waals surface area contributed by atoms with Crippen molar-refractivity contribution >= 4 is 38.6 Å². The molecule has 0 aliphatic carbocycles. The Labute approximate surface area is 195 Å². The second-order valence-electron chi connectivity index (χ2n) is 8.08. The van der Waals surface area contributed by atoms with Crippen LogP contribution in [0.5, 0.6) is 0 Å². The Hall–Kier alpha value is -2.52. The fraction of sp³-hybridized carbons (Fsp3) is 0.333. The summed E-state index contributed by atoms with van der Waals surface area (Å²) in [6.07, 6.45) is 0. The molecule has 0 radical (unpaired) electrons. The van der Waals surface area contributed by atoms with Crippen LogP contribution >= 0.6 is 22.7 Å². The lowest BCUT2D eigenvalue weighted by molar-refractivity contribution is 0.122. The first kappa shape index (κ1) is 21.3. The van der Waals surface area contributed by atoms with E-state index in [1.165, 1.54) is 22.6 Å². The van der Waals surface area contributed by atoms with E-state index in [0.717, 1.165) is 48.1 Å². The van der Waals surface area contributed by atoms with Crippen LogP contribution < -0.4 is 10.5 Å². The van der Waals surface area contributed by atoms with E-state index in [1.54, 1.807) is 11.3 Å². The van der Waals surface area contributed by atoms with E-state index in [1.807, 2.05) is 22.9 Å². The molecule has 0 bridgehead atoms. The maximum absolute atomic E-state index is 13.0. The molecule has 0 amide bonds. The molecular formula is C24H26N4O2S2. The van der Waals surface area contributed by atoms with Crippen molar-refractivity contribution in [1.82, 2.24) is 14.9 Å². The fourth-order valence-electron chi connectivity index (χ4n) is 4.15. The summed E-state index contributed by atoms with van der Waals surface area (Å²) in [4.78, 5) is 27.4. The van der Waals surface area contributed by atoms with E-state index in [-0.39, 0.29) is 11.6 Å². The molecule has 6 nitrogen and oxygen atoms in total. The molecule has 1 fully saturated rings. The van der Waals surface area contributed by atoms with E-state index in [9.17, 15) is 4.79 Å². The van der Waals surface area contributed by atoms with Gasteiger partial charge in [-0.25, -0.2) is 4.98 Å². The molecule has 4 heterocycles. The van der Waals surface area contributed by atoms with Gasteiger partial charge < -0.3 is 14.6 Å². The van der Waals surface area contributed by atoms with Crippen LogP contribution in [0.15, 0.2) is 52.0 Å². The maximum Gasteiger partial charge on any atom is 0.260 e. The van der Waals surface area contributed by atoms with Crippen LogP contribution in [0, 0.1) is 0 Å². The van der Waals surface area contributed by atoms with Crippen LogP contribution in [0.3, 0.4) is 0 Å². The molecule has 0 unspecified atom stereocenters. The normalized spacial score (nSPS) is 15.5. The zero-order valence-electron chi connectivity index (χ0n) is 18.2. The minimum Gasteiger partial charge on any atom is -0.378 e. The van der Waals surface area contributed by atoms with Crippen LogP contribution in [-0.2, 0) is 11.3 Å². The number of aromatic nitrogens is 2. The molecule has 1 saturated heterocycles. The van der Waals surface area contributed by atoms with Crippen molar-refractivity contribution in [3.63, 3.8) is 0 Å². The van der Waals surface area contributed by atoms with Crippen molar-refractivity contribution < 1.29 is 4.74 Å². The van der Waals surface area contributed by atoms with E-state index in [2.05, 4.69) is 53.0 Å². The van der Waals surface area contributed by atoms with Gasteiger partial charge in [0.15, 0.2) is 0 Å². The van der Waals surface area contributed by atoms with Crippen LogP contribution in [0.2, 0.25) is 0 Å². The number of thiophene rings is 2. The summed E-state index contributed by atoms with van der Waals surface area (Å²) >= 11 is 3.17. The zero-order valence-corrected chi connectivity index (χ0v) is 19.8. The molecular weight excluding hydrogens is 440 g/mol. The van der Waals surface area contributed by atoms with Gasteiger partial charge in [0.25, 0.3) is 5.56 Å². The standard InChI is InChI=1S/C24H26N4O2S2/c1-16(27(2)14-17-6-3-4-7-19(17)28-9-11-30-12-10-28)22-25-23(29)21-18(15-32-24(21)26-22)20-8-5-13-31-20/h3-8,13,15-16H,9-12,14H2,1-2H3,(H,25,26,29)/t16-/m0/s1. The predicted molar refractivity (Wildman–Crippen MR) is 133 cm³/mol. The third-order valence-corrected chi connectivity index (χ3v) is 7.84. The predicted octanol–water partition coefficient (Wildman–Crippen LogP) is 4.74. The van der Waals surface area contributed by atoms with Gasteiger partial charge in [-0.2, -0.15) is 0 Å². The summed E-state index contributed by atoms with van der Waals surface area (Å²) in [6.45, 7) is 6.20. The number of morpholine rings is 1. The third kappa shape index (κ3) is 4.11. The number of rotatable bonds is 6. The summed E-state index contributed by atoms with van der Waals surface area (Å²) in [6, 6.07) is 12.6. The van der Waals surface area contributed by atoms with Crippen LogP contribution in [-0.4, -0.2) is 48.2 Å².